The van der Waals surface area contributed by atoms with Crippen molar-refractivity contribution in [2.45, 2.75) is 50.4 Å². The van der Waals surface area contributed by atoms with E-state index < -0.39 is 11.9 Å². The van der Waals surface area contributed by atoms with Crippen molar-refractivity contribution >= 4 is 17.5 Å². The molecule has 1 aliphatic carbocycles. The fraction of sp³-hybridized carbons (Fsp3) is 0.375. The number of piperidine rings is 1. The molecule has 3 atom stereocenters. The number of hydrogen-bond acceptors (Lipinski definition) is 5. The highest BCUT2D eigenvalue weighted by Gasteiger charge is 2.50. The molecule has 1 saturated carbocycles. The third-order valence-corrected chi connectivity index (χ3v) is 6.69. The predicted octanol–water partition coefficient (Wildman–Crippen LogP) is 5.23. The van der Waals surface area contributed by atoms with E-state index in [0.29, 0.717) is 34.3 Å². The van der Waals surface area contributed by atoms with Crippen molar-refractivity contribution in [2.24, 2.45) is 5.92 Å². The Hall–Kier alpha value is -3.07. The number of carbonyl (C=O) groups is 1. The third-order valence-electron chi connectivity index (χ3n) is 6.46. The molecule has 10 heteroatoms. The Kier molecular flexibility index (Phi) is 5.97. The van der Waals surface area contributed by atoms with Crippen LogP contribution >= 0.6 is 11.6 Å². The molecule has 3 heterocycles. The van der Waals surface area contributed by atoms with Crippen LogP contribution in [0.5, 0.6) is 0 Å². The molecular weight excluding hydrogens is 467 g/mol. The maximum absolute atomic E-state index is 13.8. The van der Waals surface area contributed by atoms with Gasteiger partial charge in [0.1, 0.15) is 11.5 Å². The minimum atomic E-state index is -4.52. The second-order valence-corrected chi connectivity index (χ2v) is 9.10. The largest absolute Gasteiger partial charge is 0.433 e. The Balaban J connectivity index is 1.41. The lowest BCUT2D eigenvalue weighted by atomic mass is 9.95. The van der Waals surface area contributed by atoms with E-state index in [4.69, 9.17) is 11.6 Å². The van der Waals surface area contributed by atoms with E-state index in [0.717, 1.165) is 31.5 Å². The number of halogens is 4. The number of benzene rings is 1. The number of amides is 1. The molecule has 0 radical (unpaired) electrons. The van der Waals surface area contributed by atoms with Crippen LogP contribution in [0.25, 0.3) is 11.4 Å². The van der Waals surface area contributed by atoms with Crippen LogP contribution in [-0.2, 0) is 12.6 Å². The lowest BCUT2D eigenvalue weighted by Crippen LogP contribution is -2.45. The highest BCUT2D eigenvalue weighted by atomic mass is 35.5. The molecule has 0 N–H and O–H groups in total. The van der Waals surface area contributed by atoms with Gasteiger partial charge < -0.3 is 4.90 Å². The first-order valence-corrected chi connectivity index (χ1v) is 11.5. The van der Waals surface area contributed by atoms with Crippen LogP contribution in [0.1, 0.15) is 47.6 Å². The molecule has 3 aromatic rings. The Morgan fingerprint density at radius 3 is 2.65 bits per heavy atom. The topological polar surface area (TPSA) is 71.9 Å². The Morgan fingerprint density at radius 1 is 1.09 bits per heavy atom. The van der Waals surface area contributed by atoms with E-state index in [2.05, 4.69) is 19.9 Å². The number of aromatic nitrogens is 4. The number of likely N-dealkylation sites (tertiary alicyclic amines) is 1. The highest BCUT2D eigenvalue weighted by Crippen LogP contribution is 2.47. The molecule has 2 aromatic heterocycles. The number of fused-ring (bicyclic) bond motifs is 1. The van der Waals surface area contributed by atoms with E-state index >= 15 is 0 Å². The smallest absolute Gasteiger partial charge is 0.332 e. The van der Waals surface area contributed by atoms with Crippen LogP contribution in [0, 0.1) is 5.92 Å². The molecule has 0 bridgehead atoms. The summed E-state index contributed by atoms with van der Waals surface area (Å²) in [5.41, 5.74) is 0.0621. The van der Waals surface area contributed by atoms with Crippen LogP contribution in [0.15, 0.2) is 48.9 Å². The van der Waals surface area contributed by atoms with Gasteiger partial charge in [-0.1, -0.05) is 11.6 Å². The number of hydrogen-bond donors (Lipinski definition) is 0. The van der Waals surface area contributed by atoms with Crippen LogP contribution in [0.2, 0.25) is 5.02 Å². The van der Waals surface area contributed by atoms with Crippen LogP contribution in [-0.4, -0.2) is 42.8 Å². The molecule has 1 amide bonds. The predicted molar refractivity (Wildman–Crippen MR) is 119 cm³/mol. The van der Waals surface area contributed by atoms with Gasteiger partial charge in [-0.3, -0.25) is 4.79 Å². The number of carbonyl (C=O) groups excluding carboxylic acids is 1. The molecule has 1 aliphatic heterocycles. The first-order valence-electron chi connectivity index (χ1n) is 11.1. The van der Waals surface area contributed by atoms with Gasteiger partial charge in [0.2, 0.25) is 0 Å². The molecule has 1 saturated heterocycles. The van der Waals surface area contributed by atoms with E-state index in [1.807, 2.05) is 4.90 Å². The average molecular weight is 488 g/mol. The molecular formula is C24H21ClF3N5O. The van der Waals surface area contributed by atoms with E-state index in [1.54, 1.807) is 36.7 Å². The zero-order valence-corrected chi connectivity index (χ0v) is 18.8. The second-order valence-electron chi connectivity index (χ2n) is 8.66. The maximum Gasteiger partial charge on any atom is 0.433 e. The number of rotatable bonds is 5. The summed E-state index contributed by atoms with van der Waals surface area (Å²) in [6.07, 6.45) is 3.27. The molecule has 6 nitrogen and oxygen atoms in total. The van der Waals surface area contributed by atoms with Crippen LogP contribution in [0.4, 0.5) is 13.2 Å². The summed E-state index contributed by atoms with van der Waals surface area (Å²) < 4.78 is 39.1. The van der Waals surface area contributed by atoms with Crippen molar-refractivity contribution in [2.75, 3.05) is 0 Å². The van der Waals surface area contributed by atoms with E-state index in [1.165, 1.54) is 0 Å². The zero-order valence-electron chi connectivity index (χ0n) is 18.0. The maximum atomic E-state index is 13.8. The van der Waals surface area contributed by atoms with Gasteiger partial charge in [0.25, 0.3) is 5.91 Å². The molecule has 0 spiro atoms. The van der Waals surface area contributed by atoms with Crippen molar-refractivity contribution in [3.8, 4) is 11.4 Å². The van der Waals surface area contributed by atoms with Crippen molar-refractivity contribution in [1.29, 1.82) is 0 Å². The summed E-state index contributed by atoms with van der Waals surface area (Å²) in [6.45, 7) is 0. The van der Waals surface area contributed by atoms with Gasteiger partial charge in [-0.25, -0.2) is 19.9 Å². The van der Waals surface area contributed by atoms with E-state index in [-0.39, 0.29) is 30.2 Å². The molecule has 0 unspecified atom stereocenters. The fourth-order valence-electron chi connectivity index (χ4n) is 4.74. The number of nitrogens with zero attached hydrogens (tertiary/aromatic N) is 5. The third kappa shape index (κ3) is 4.61. The van der Waals surface area contributed by atoms with Gasteiger partial charge in [0.05, 0.1) is 5.56 Å². The minimum absolute atomic E-state index is 0.122. The standard InChI is InChI=1S/C24H21ClF3N5O/c25-15-3-6-17(22-30-9-1-10-31-22)18(13-15)23(34)33-16(4-2-14-12-19(14)33)5-7-21-29-11-8-20(32-21)24(26,27)28/h1,3,6,8-11,13-14,16,19H,2,4-5,7,12H2/t14-,16+,19+/m1/s1. The zero-order chi connectivity index (χ0) is 23.9. The first kappa shape index (κ1) is 22.7. The Bertz CT molecular complexity index is 1210. The quantitative estimate of drug-likeness (QED) is 0.492. The van der Waals surface area contributed by atoms with Crippen LogP contribution < -0.4 is 0 Å². The van der Waals surface area contributed by atoms with Crippen molar-refractivity contribution in [3.05, 3.63) is 71.0 Å². The molecule has 2 fully saturated rings. The lowest BCUT2D eigenvalue weighted by Gasteiger charge is -2.36. The van der Waals surface area contributed by atoms with Crippen LogP contribution in [0.3, 0.4) is 0 Å². The summed E-state index contributed by atoms with van der Waals surface area (Å²) in [5.74, 6) is 0.856. The molecule has 176 valence electrons. The molecule has 34 heavy (non-hydrogen) atoms. The van der Waals surface area contributed by atoms with Gasteiger partial charge in [-0.05, 0) is 61.9 Å². The van der Waals surface area contributed by atoms with Gasteiger partial charge in [0.15, 0.2) is 5.82 Å². The lowest BCUT2D eigenvalue weighted by molar-refractivity contribution is -0.141. The summed E-state index contributed by atoms with van der Waals surface area (Å²) in [6, 6.07) is 7.63. The SMILES string of the molecule is O=C(c1cc(Cl)ccc1-c1ncccn1)N1[C@H](CCc2nccc(C(F)(F)F)n2)CC[C@@H]2C[C@@H]21. The van der Waals surface area contributed by atoms with Crippen molar-refractivity contribution < 1.29 is 18.0 Å². The molecule has 2 aliphatic rings. The van der Waals surface area contributed by atoms with Crippen molar-refractivity contribution in [3.63, 3.8) is 0 Å². The monoisotopic (exact) mass is 487 g/mol. The van der Waals surface area contributed by atoms with Gasteiger partial charge >= 0.3 is 6.18 Å². The fourth-order valence-corrected chi connectivity index (χ4v) is 4.91. The van der Waals surface area contributed by atoms with E-state index in [9.17, 15) is 18.0 Å². The van der Waals surface area contributed by atoms with Gasteiger partial charge in [0, 0.05) is 47.7 Å². The molecule has 1 aromatic carbocycles. The van der Waals surface area contributed by atoms with Crippen molar-refractivity contribution in [1.82, 2.24) is 24.8 Å². The second kappa shape index (κ2) is 8.94. The highest BCUT2D eigenvalue weighted by molar-refractivity contribution is 6.31. The molecule has 5 rings (SSSR count). The average Bonchev–Trinajstić information content (AvgIpc) is 3.62. The number of aryl methyl sites for hydroxylation is 1. The number of alkyl halides is 3. The minimum Gasteiger partial charge on any atom is -0.332 e. The normalized spacial score (nSPS) is 21.8. The Morgan fingerprint density at radius 2 is 1.88 bits per heavy atom. The summed E-state index contributed by atoms with van der Waals surface area (Å²) in [4.78, 5) is 32.0. The van der Waals surface area contributed by atoms with Gasteiger partial charge in [-0.2, -0.15) is 13.2 Å². The Labute approximate surface area is 199 Å². The summed E-state index contributed by atoms with van der Waals surface area (Å²) in [7, 11) is 0. The van der Waals surface area contributed by atoms with Gasteiger partial charge in [-0.15, -0.1) is 0 Å². The summed E-state index contributed by atoms with van der Waals surface area (Å²) in [5, 5.41) is 0.432. The first-order chi connectivity index (χ1) is 16.3. The summed E-state index contributed by atoms with van der Waals surface area (Å²) >= 11 is 6.24.